The summed E-state index contributed by atoms with van der Waals surface area (Å²) < 4.78 is 0. The van der Waals surface area contributed by atoms with E-state index in [2.05, 4.69) is 74.4 Å². The highest BCUT2D eigenvalue weighted by Gasteiger charge is 2.51. The molecule has 0 saturated heterocycles. The van der Waals surface area contributed by atoms with E-state index in [-0.39, 0.29) is 10.8 Å². The molecule has 1 aromatic carbocycles. The van der Waals surface area contributed by atoms with Gasteiger partial charge in [0, 0.05) is 0 Å². The van der Waals surface area contributed by atoms with Gasteiger partial charge in [0.1, 0.15) is 0 Å². The standard InChI is InChI=1S/C19H30/c1-12(2)13-10-15-16(11-14(13)17(3,4)5)19(8,9)18(15,6)7/h10-12H,1-9H3. The van der Waals surface area contributed by atoms with Gasteiger partial charge in [0.15, 0.2) is 0 Å². The zero-order valence-corrected chi connectivity index (χ0v) is 14.2. The number of rotatable bonds is 1. The molecular formula is C19H30. The summed E-state index contributed by atoms with van der Waals surface area (Å²) in [5.74, 6) is 0.596. The lowest BCUT2D eigenvalue weighted by molar-refractivity contribution is 0.241. The molecule has 1 aromatic rings. The fraction of sp³-hybridized carbons (Fsp3) is 0.684. The summed E-state index contributed by atoms with van der Waals surface area (Å²) in [7, 11) is 0. The van der Waals surface area contributed by atoms with E-state index in [0.29, 0.717) is 11.3 Å². The van der Waals surface area contributed by atoms with E-state index in [0.717, 1.165) is 0 Å². The summed E-state index contributed by atoms with van der Waals surface area (Å²) in [6.45, 7) is 21.2. The molecule has 0 radical (unpaired) electrons. The lowest BCUT2D eigenvalue weighted by atomic mass is 9.49. The van der Waals surface area contributed by atoms with Crippen molar-refractivity contribution in [3.63, 3.8) is 0 Å². The first-order valence-electron chi connectivity index (χ1n) is 7.60. The third kappa shape index (κ3) is 1.87. The predicted molar refractivity (Wildman–Crippen MR) is 85.3 cm³/mol. The minimum atomic E-state index is 0.227. The summed E-state index contributed by atoms with van der Waals surface area (Å²) in [4.78, 5) is 0. The third-order valence-corrected chi connectivity index (χ3v) is 5.53. The first-order valence-corrected chi connectivity index (χ1v) is 7.60. The van der Waals surface area contributed by atoms with Crippen LogP contribution in [0.2, 0.25) is 0 Å². The van der Waals surface area contributed by atoms with E-state index in [9.17, 15) is 0 Å². The Hall–Kier alpha value is -0.780. The molecule has 0 fully saturated rings. The average molecular weight is 258 g/mol. The molecule has 1 aliphatic rings. The molecule has 0 heteroatoms. The van der Waals surface area contributed by atoms with Crippen LogP contribution < -0.4 is 0 Å². The van der Waals surface area contributed by atoms with Crippen molar-refractivity contribution in [2.24, 2.45) is 0 Å². The van der Waals surface area contributed by atoms with Gasteiger partial charge < -0.3 is 0 Å². The SMILES string of the molecule is CC(C)c1cc2c(cc1C(C)(C)C)C(C)(C)C2(C)C. The van der Waals surface area contributed by atoms with Crippen molar-refractivity contribution in [3.05, 3.63) is 34.4 Å². The smallest absolute Gasteiger partial charge is 0.000889 e. The molecule has 0 nitrogen and oxygen atoms in total. The van der Waals surface area contributed by atoms with E-state index in [1.807, 2.05) is 0 Å². The molecule has 0 spiro atoms. The van der Waals surface area contributed by atoms with Gasteiger partial charge in [0.25, 0.3) is 0 Å². The van der Waals surface area contributed by atoms with Crippen molar-refractivity contribution in [1.29, 1.82) is 0 Å². The molecule has 2 rings (SSSR count). The Morgan fingerprint density at radius 1 is 0.842 bits per heavy atom. The van der Waals surface area contributed by atoms with E-state index in [1.165, 1.54) is 11.1 Å². The normalized spacial score (nSPS) is 20.1. The largest absolute Gasteiger partial charge is 0.0587 e. The van der Waals surface area contributed by atoms with Gasteiger partial charge in [-0.25, -0.2) is 0 Å². The highest BCUT2D eigenvalue weighted by atomic mass is 14.5. The van der Waals surface area contributed by atoms with Crippen LogP contribution in [-0.2, 0) is 16.2 Å². The molecular weight excluding hydrogens is 228 g/mol. The summed E-state index contributed by atoms with van der Waals surface area (Å²) in [5.41, 5.74) is 7.01. The van der Waals surface area contributed by atoms with E-state index >= 15 is 0 Å². The molecule has 0 aliphatic heterocycles. The zero-order valence-electron chi connectivity index (χ0n) is 14.2. The van der Waals surface area contributed by atoms with Crippen molar-refractivity contribution in [1.82, 2.24) is 0 Å². The van der Waals surface area contributed by atoms with Gasteiger partial charge in [-0.2, -0.15) is 0 Å². The number of hydrogen-bond donors (Lipinski definition) is 0. The minimum absolute atomic E-state index is 0.227. The molecule has 1 aliphatic carbocycles. The van der Waals surface area contributed by atoms with Crippen LogP contribution in [0.3, 0.4) is 0 Å². The van der Waals surface area contributed by atoms with Crippen LogP contribution >= 0.6 is 0 Å². The first-order chi connectivity index (χ1) is 8.40. The second kappa shape index (κ2) is 3.87. The van der Waals surface area contributed by atoms with Gasteiger partial charge >= 0.3 is 0 Å². The lowest BCUT2D eigenvalue weighted by Gasteiger charge is -2.55. The summed E-state index contributed by atoms with van der Waals surface area (Å²) >= 11 is 0. The molecule has 0 atom stereocenters. The Balaban J connectivity index is 2.71. The Kier molecular flexibility index (Phi) is 2.98. The maximum atomic E-state index is 2.50. The maximum Gasteiger partial charge on any atom is -0.000889 e. The molecule has 19 heavy (non-hydrogen) atoms. The van der Waals surface area contributed by atoms with Crippen LogP contribution in [0.4, 0.5) is 0 Å². The molecule has 106 valence electrons. The van der Waals surface area contributed by atoms with Gasteiger partial charge in [0.05, 0.1) is 0 Å². The van der Waals surface area contributed by atoms with Crippen molar-refractivity contribution in [2.45, 2.75) is 84.5 Å². The lowest BCUT2D eigenvalue weighted by Crippen LogP contribution is -2.51. The Labute approximate surface area is 119 Å². The zero-order chi connectivity index (χ0) is 14.8. The second-order valence-electron chi connectivity index (χ2n) is 8.64. The fourth-order valence-electron chi connectivity index (χ4n) is 3.39. The molecule has 0 amide bonds. The molecule has 0 N–H and O–H groups in total. The van der Waals surface area contributed by atoms with Crippen LogP contribution in [0.25, 0.3) is 0 Å². The highest BCUT2D eigenvalue weighted by Crippen LogP contribution is 2.57. The van der Waals surface area contributed by atoms with E-state index in [4.69, 9.17) is 0 Å². The quantitative estimate of drug-likeness (QED) is 0.608. The van der Waals surface area contributed by atoms with Gasteiger partial charge in [-0.05, 0) is 44.4 Å². The number of fused-ring (bicyclic) bond motifs is 1. The van der Waals surface area contributed by atoms with Crippen LogP contribution in [0.1, 0.15) is 90.5 Å². The van der Waals surface area contributed by atoms with Crippen LogP contribution in [-0.4, -0.2) is 0 Å². The predicted octanol–water partition coefficient (Wildman–Crippen LogP) is 5.68. The van der Waals surface area contributed by atoms with Crippen molar-refractivity contribution >= 4 is 0 Å². The molecule has 0 unspecified atom stereocenters. The van der Waals surface area contributed by atoms with Crippen LogP contribution in [0, 0.1) is 0 Å². The summed E-state index contributed by atoms with van der Waals surface area (Å²) in [5, 5.41) is 0. The maximum absolute atomic E-state index is 2.50. The third-order valence-electron chi connectivity index (χ3n) is 5.53. The second-order valence-corrected chi connectivity index (χ2v) is 8.64. The summed E-state index contributed by atoms with van der Waals surface area (Å²) in [6, 6.07) is 4.99. The topological polar surface area (TPSA) is 0 Å². The molecule has 0 saturated carbocycles. The van der Waals surface area contributed by atoms with Crippen LogP contribution in [0.15, 0.2) is 12.1 Å². The van der Waals surface area contributed by atoms with Gasteiger partial charge in [0.2, 0.25) is 0 Å². The van der Waals surface area contributed by atoms with Crippen molar-refractivity contribution < 1.29 is 0 Å². The van der Waals surface area contributed by atoms with Crippen molar-refractivity contribution in [3.8, 4) is 0 Å². The monoisotopic (exact) mass is 258 g/mol. The fourth-order valence-corrected chi connectivity index (χ4v) is 3.39. The van der Waals surface area contributed by atoms with Crippen LogP contribution in [0.5, 0.6) is 0 Å². The molecule has 0 heterocycles. The Morgan fingerprint density at radius 3 is 1.63 bits per heavy atom. The minimum Gasteiger partial charge on any atom is -0.0587 e. The Bertz CT molecular complexity index is 508. The number of benzene rings is 1. The van der Waals surface area contributed by atoms with E-state index < -0.39 is 0 Å². The average Bonchev–Trinajstić information content (AvgIpc) is 2.25. The number of hydrogen-bond acceptors (Lipinski definition) is 0. The summed E-state index contributed by atoms with van der Waals surface area (Å²) in [6.07, 6.45) is 0. The Morgan fingerprint density at radius 2 is 1.26 bits per heavy atom. The molecule has 0 bridgehead atoms. The van der Waals surface area contributed by atoms with Gasteiger partial charge in [-0.15, -0.1) is 0 Å². The highest BCUT2D eigenvalue weighted by molar-refractivity contribution is 5.57. The first kappa shape index (κ1) is 14.6. The van der Waals surface area contributed by atoms with Gasteiger partial charge in [-0.1, -0.05) is 74.4 Å². The van der Waals surface area contributed by atoms with Crippen molar-refractivity contribution in [2.75, 3.05) is 0 Å². The molecule has 0 aromatic heterocycles. The van der Waals surface area contributed by atoms with E-state index in [1.54, 1.807) is 11.1 Å². The van der Waals surface area contributed by atoms with Gasteiger partial charge in [-0.3, -0.25) is 0 Å².